The van der Waals surface area contributed by atoms with Crippen molar-refractivity contribution in [3.63, 3.8) is 0 Å². The lowest BCUT2D eigenvalue weighted by atomic mass is 10.2. The molecule has 2 amide bonds. The fourth-order valence-electron chi connectivity index (χ4n) is 2.07. The van der Waals surface area contributed by atoms with Crippen LogP contribution in [-0.4, -0.2) is 30.6 Å². The van der Waals surface area contributed by atoms with Gasteiger partial charge in [-0.2, -0.15) is 0 Å². The molecule has 0 unspecified atom stereocenters. The number of halogens is 1. The number of hydrazine groups is 1. The van der Waals surface area contributed by atoms with Crippen LogP contribution in [0.1, 0.15) is 27.6 Å². The van der Waals surface area contributed by atoms with Gasteiger partial charge in [0.05, 0.1) is 18.2 Å². The molecule has 142 valence electrons. The molecule has 9 heteroatoms. The van der Waals surface area contributed by atoms with Crippen LogP contribution in [0.4, 0.5) is 0 Å². The Morgan fingerprint density at radius 2 is 1.70 bits per heavy atom. The van der Waals surface area contributed by atoms with Gasteiger partial charge in [-0.3, -0.25) is 25.8 Å². The molecular weight excluding hydrogens is 434 g/mol. The van der Waals surface area contributed by atoms with E-state index in [1.807, 2.05) is 6.92 Å². The first-order valence-electron chi connectivity index (χ1n) is 7.92. The van der Waals surface area contributed by atoms with E-state index in [-0.39, 0.29) is 5.11 Å². The first-order chi connectivity index (χ1) is 12.9. The number of ether oxygens (including phenoxy) is 2. The van der Waals surface area contributed by atoms with Crippen molar-refractivity contribution in [3.05, 3.63) is 58.1 Å². The standard InChI is InChI=1S/C18H18BrN3O4S/c1-3-26-13-7-4-11(5-8-13)16(23)20-18(27)22-21-17(24)12-6-9-15(25-2)14(19)10-12/h4-10H,3H2,1-2H3,(H,21,24)(H2,20,22,23,27). The lowest BCUT2D eigenvalue weighted by molar-refractivity contribution is 0.0934. The highest BCUT2D eigenvalue weighted by atomic mass is 79.9. The average Bonchev–Trinajstić information content (AvgIpc) is 2.66. The van der Waals surface area contributed by atoms with Crippen LogP contribution in [0, 0.1) is 0 Å². The van der Waals surface area contributed by atoms with Crippen molar-refractivity contribution in [1.29, 1.82) is 0 Å². The van der Waals surface area contributed by atoms with E-state index in [4.69, 9.17) is 21.7 Å². The SMILES string of the molecule is CCOc1ccc(C(=O)NC(=S)NNC(=O)c2ccc(OC)c(Br)c2)cc1. The molecule has 0 heterocycles. The third-order valence-electron chi connectivity index (χ3n) is 3.36. The third-order valence-corrected chi connectivity index (χ3v) is 4.18. The number of carbonyl (C=O) groups excluding carboxylic acids is 2. The van der Waals surface area contributed by atoms with E-state index in [2.05, 4.69) is 32.1 Å². The van der Waals surface area contributed by atoms with Gasteiger partial charge in [0, 0.05) is 11.1 Å². The largest absolute Gasteiger partial charge is 0.496 e. The number of rotatable bonds is 5. The van der Waals surface area contributed by atoms with Gasteiger partial charge in [-0.15, -0.1) is 0 Å². The van der Waals surface area contributed by atoms with Crippen LogP contribution < -0.4 is 25.6 Å². The van der Waals surface area contributed by atoms with Crippen molar-refractivity contribution in [2.45, 2.75) is 6.92 Å². The van der Waals surface area contributed by atoms with Crippen molar-refractivity contribution >= 4 is 45.1 Å². The van der Waals surface area contributed by atoms with E-state index < -0.39 is 11.8 Å². The van der Waals surface area contributed by atoms with Crippen molar-refractivity contribution < 1.29 is 19.1 Å². The van der Waals surface area contributed by atoms with Crippen LogP contribution in [0.5, 0.6) is 11.5 Å². The molecule has 0 radical (unpaired) electrons. The molecule has 0 bridgehead atoms. The summed E-state index contributed by atoms with van der Waals surface area (Å²) in [6, 6.07) is 11.5. The number of hydrogen-bond acceptors (Lipinski definition) is 5. The average molecular weight is 452 g/mol. The summed E-state index contributed by atoms with van der Waals surface area (Å²) in [4.78, 5) is 24.3. The number of amides is 2. The minimum absolute atomic E-state index is 0.0326. The predicted octanol–water partition coefficient (Wildman–Crippen LogP) is 2.81. The second-order valence-electron chi connectivity index (χ2n) is 5.17. The monoisotopic (exact) mass is 451 g/mol. The summed E-state index contributed by atoms with van der Waals surface area (Å²) >= 11 is 8.33. The highest BCUT2D eigenvalue weighted by molar-refractivity contribution is 9.10. The number of methoxy groups -OCH3 is 1. The van der Waals surface area contributed by atoms with Crippen molar-refractivity contribution in [2.24, 2.45) is 0 Å². The Labute approximate surface area is 170 Å². The fraction of sp³-hybridized carbons (Fsp3) is 0.167. The number of thiocarbonyl (C=S) groups is 1. The summed E-state index contributed by atoms with van der Waals surface area (Å²) in [7, 11) is 1.53. The first kappa shape index (κ1) is 20.7. The topological polar surface area (TPSA) is 88.7 Å². The second-order valence-corrected chi connectivity index (χ2v) is 6.43. The highest BCUT2D eigenvalue weighted by Gasteiger charge is 2.11. The summed E-state index contributed by atoms with van der Waals surface area (Å²) in [6.07, 6.45) is 0. The van der Waals surface area contributed by atoms with E-state index in [0.717, 1.165) is 0 Å². The highest BCUT2D eigenvalue weighted by Crippen LogP contribution is 2.25. The Kier molecular flexibility index (Phi) is 7.56. The van der Waals surface area contributed by atoms with Gasteiger partial charge in [0.25, 0.3) is 11.8 Å². The summed E-state index contributed by atoms with van der Waals surface area (Å²) in [6.45, 7) is 2.42. The molecule has 2 aromatic rings. The molecule has 7 nitrogen and oxygen atoms in total. The van der Waals surface area contributed by atoms with Crippen LogP contribution in [0.15, 0.2) is 46.9 Å². The molecule has 0 atom stereocenters. The Balaban J connectivity index is 1.87. The molecule has 2 rings (SSSR count). The van der Waals surface area contributed by atoms with Gasteiger partial charge >= 0.3 is 0 Å². The smallest absolute Gasteiger partial charge is 0.269 e. The normalized spacial score (nSPS) is 9.89. The van der Waals surface area contributed by atoms with E-state index in [1.54, 1.807) is 42.5 Å². The van der Waals surface area contributed by atoms with Crippen molar-refractivity contribution in [1.82, 2.24) is 16.2 Å². The minimum atomic E-state index is -0.420. The predicted molar refractivity (Wildman–Crippen MR) is 109 cm³/mol. The second kappa shape index (κ2) is 9.89. The molecule has 0 fully saturated rings. The van der Waals surface area contributed by atoms with E-state index in [0.29, 0.717) is 33.7 Å². The van der Waals surface area contributed by atoms with Crippen LogP contribution >= 0.6 is 28.1 Å². The molecule has 0 saturated carbocycles. The number of nitrogens with one attached hydrogen (secondary N) is 3. The lowest BCUT2D eigenvalue weighted by Gasteiger charge is -2.12. The molecule has 0 saturated heterocycles. The van der Waals surface area contributed by atoms with Gasteiger partial charge < -0.3 is 9.47 Å². The quantitative estimate of drug-likeness (QED) is 0.478. The van der Waals surface area contributed by atoms with E-state index >= 15 is 0 Å². The molecule has 3 N–H and O–H groups in total. The Hall–Kier alpha value is -2.65. The van der Waals surface area contributed by atoms with Crippen LogP contribution in [-0.2, 0) is 0 Å². The number of hydrogen-bond donors (Lipinski definition) is 3. The van der Waals surface area contributed by atoms with E-state index in [1.165, 1.54) is 7.11 Å². The Morgan fingerprint density at radius 3 is 2.30 bits per heavy atom. The Bertz CT molecular complexity index is 843. The molecule has 0 aromatic heterocycles. The zero-order valence-electron chi connectivity index (χ0n) is 14.7. The molecule has 0 aliphatic carbocycles. The minimum Gasteiger partial charge on any atom is -0.496 e. The Morgan fingerprint density at radius 1 is 1.04 bits per heavy atom. The van der Waals surface area contributed by atoms with Crippen molar-refractivity contribution in [3.8, 4) is 11.5 Å². The number of carbonyl (C=O) groups is 2. The maximum Gasteiger partial charge on any atom is 0.269 e. The molecule has 27 heavy (non-hydrogen) atoms. The maximum atomic E-state index is 12.1. The van der Waals surface area contributed by atoms with Crippen LogP contribution in [0.25, 0.3) is 0 Å². The summed E-state index contributed by atoms with van der Waals surface area (Å²) in [5.41, 5.74) is 5.70. The zero-order chi connectivity index (χ0) is 19.8. The van der Waals surface area contributed by atoms with Gasteiger partial charge in [0.2, 0.25) is 0 Å². The lowest BCUT2D eigenvalue weighted by Crippen LogP contribution is -2.48. The van der Waals surface area contributed by atoms with Crippen LogP contribution in [0.3, 0.4) is 0 Å². The van der Waals surface area contributed by atoms with Crippen molar-refractivity contribution in [2.75, 3.05) is 13.7 Å². The van der Waals surface area contributed by atoms with Gasteiger partial charge in [-0.05, 0) is 77.5 Å². The van der Waals surface area contributed by atoms with Gasteiger partial charge in [-0.1, -0.05) is 0 Å². The van der Waals surface area contributed by atoms with Gasteiger partial charge in [0.1, 0.15) is 11.5 Å². The maximum absolute atomic E-state index is 12.1. The molecule has 2 aromatic carbocycles. The summed E-state index contributed by atoms with van der Waals surface area (Å²) in [5.74, 6) is 0.457. The molecular formula is C18H18BrN3O4S. The molecule has 0 spiro atoms. The zero-order valence-corrected chi connectivity index (χ0v) is 17.1. The van der Waals surface area contributed by atoms with E-state index in [9.17, 15) is 9.59 Å². The van der Waals surface area contributed by atoms with Gasteiger partial charge in [-0.25, -0.2) is 0 Å². The molecule has 0 aliphatic rings. The fourth-order valence-corrected chi connectivity index (χ4v) is 2.75. The molecule has 0 aliphatic heterocycles. The third kappa shape index (κ3) is 5.93. The van der Waals surface area contributed by atoms with Crippen LogP contribution in [0.2, 0.25) is 0 Å². The van der Waals surface area contributed by atoms with Gasteiger partial charge in [0.15, 0.2) is 5.11 Å². The summed E-state index contributed by atoms with van der Waals surface area (Å²) in [5, 5.41) is 2.45. The first-order valence-corrected chi connectivity index (χ1v) is 9.12. The number of benzene rings is 2. The summed E-state index contributed by atoms with van der Waals surface area (Å²) < 4.78 is 11.1.